The number of ether oxygens (including phenoxy) is 1. The highest BCUT2D eigenvalue weighted by molar-refractivity contribution is 8.51. The third-order valence-electron chi connectivity index (χ3n) is 2.55. The van der Waals surface area contributed by atoms with E-state index in [1.807, 2.05) is 13.9 Å². The molecule has 7 heteroatoms. The first kappa shape index (κ1) is 13.0. The highest BCUT2D eigenvalue weighted by atomic mass is 32.8. The Morgan fingerprint density at radius 3 is 2.82 bits per heavy atom. The molecular formula is C10H14BO4PS. The second-order valence-corrected chi connectivity index (χ2v) is 9.36. The molecule has 0 radical (unpaired) electrons. The lowest BCUT2D eigenvalue weighted by atomic mass is 10.0. The zero-order valence-electron chi connectivity index (χ0n) is 9.57. The van der Waals surface area contributed by atoms with Crippen LogP contribution in [0, 0.1) is 0 Å². The molecule has 1 fully saturated rings. The van der Waals surface area contributed by atoms with Crippen molar-refractivity contribution >= 4 is 25.2 Å². The Hall–Kier alpha value is -0.415. The molecule has 1 aromatic carbocycles. The summed E-state index contributed by atoms with van der Waals surface area (Å²) >= 11 is 0. The molecule has 1 heterocycles. The van der Waals surface area contributed by atoms with Crippen molar-refractivity contribution in [2.45, 2.75) is 12.4 Å². The predicted molar refractivity (Wildman–Crippen MR) is 70.8 cm³/mol. The minimum atomic E-state index is -3.23. The van der Waals surface area contributed by atoms with Gasteiger partial charge in [0.05, 0.1) is 6.10 Å². The van der Waals surface area contributed by atoms with Crippen molar-refractivity contribution in [1.29, 1.82) is 0 Å². The number of para-hydroxylation sites is 1. The molecule has 1 aliphatic heterocycles. The van der Waals surface area contributed by atoms with E-state index < -0.39 is 17.4 Å². The van der Waals surface area contributed by atoms with E-state index in [0.29, 0.717) is 11.5 Å². The molecule has 0 aliphatic carbocycles. The van der Waals surface area contributed by atoms with Gasteiger partial charge in [0.2, 0.25) is 0 Å². The molecular weight excluding hydrogens is 258 g/mol. The Balaban J connectivity index is 2.07. The zero-order chi connectivity index (χ0) is 12.3. The average Bonchev–Trinajstić information content (AvgIpc) is 2.34. The van der Waals surface area contributed by atoms with Crippen LogP contribution >= 0.6 is 6.57 Å². The summed E-state index contributed by atoms with van der Waals surface area (Å²) in [6.45, 7) is -3.23. The molecule has 1 saturated heterocycles. The molecule has 3 atom stereocenters. The summed E-state index contributed by atoms with van der Waals surface area (Å²) in [5.74, 6) is 0.767. The maximum atomic E-state index is 12.3. The van der Waals surface area contributed by atoms with Crippen LogP contribution in [0.1, 0.15) is 0 Å². The number of hydrogen-bond acceptors (Lipinski definition) is 4. The van der Waals surface area contributed by atoms with Gasteiger partial charge in [0.1, 0.15) is 19.3 Å². The molecule has 1 unspecified atom stereocenters. The van der Waals surface area contributed by atoms with Gasteiger partial charge in [0, 0.05) is 10.8 Å². The Labute approximate surface area is 104 Å². The SMILES string of the molecule is BC[C@H]1C[S+]([O-])[P@](=O)(Oc2ccccc2)CO1. The van der Waals surface area contributed by atoms with Gasteiger partial charge >= 0.3 is 6.57 Å². The molecule has 1 aromatic rings. The molecule has 92 valence electrons. The fraction of sp³-hybridized carbons (Fsp3) is 0.400. The van der Waals surface area contributed by atoms with Crippen LogP contribution in [-0.2, 0) is 20.1 Å². The zero-order valence-corrected chi connectivity index (χ0v) is 11.3. The molecule has 4 nitrogen and oxygen atoms in total. The normalized spacial score (nSPS) is 33.2. The van der Waals surface area contributed by atoms with Crippen LogP contribution in [0.25, 0.3) is 0 Å². The lowest BCUT2D eigenvalue weighted by Crippen LogP contribution is -2.32. The minimum Gasteiger partial charge on any atom is -0.610 e. The van der Waals surface area contributed by atoms with Crippen LogP contribution in [-0.4, -0.2) is 30.6 Å². The van der Waals surface area contributed by atoms with E-state index in [9.17, 15) is 9.12 Å². The van der Waals surface area contributed by atoms with Gasteiger partial charge in [-0.25, -0.2) is 4.57 Å². The average molecular weight is 272 g/mol. The predicted octanol–water partition coefficient (Wildman–Crippen LogP) is 1.41. The summed E-state index contributed by atoms with van der Waals surface area (Å²) in [5, 5.41) is 0. The monoisotopic (exact) mass is 272 g/mol. The van der Waals surface area contributed by atoms with Crippen molar-refractivity contribution in [2.75, 3.05) is 12.1 Å². The summed E-state index contributed by atoms with van der Waals surface area (Å²) in [7, 11) is 0.489. The maximum absolute atomic E-state index is 12.3. The van der Waals surface area contributed by atoms with Gasteiger partial charge < -0.3 is 13.8 Å². The first-order valence-electron chi connectivity index (χ1n) is 5.48. The molecule has 0 bridgehead atoms. The van der Waals surface area contributed by atoms with E-state index in [1.54, 1.807) is 24.3 Å². The van der Waals surface area contributed by atoms with Crippen molar-refractivity contribution in [3.8, 4) is 5.75 Å². The van der Waals surface area contributed by atoms with E-state index in [4.69, 9.17) is 9.26 Å². The molecule has 17 heavy (non-hydrogen) atoms. The third-order valence-corrected chi connectivity index (χ3v) is 7.63. The Kier molecular flexibility index (Phi) is 4.20. The molecule has 0 saturated carbocycles. The summed E-state index contributed by atoms with van der Waals surface area (Å²) in [6.07, 6.45) is 0.640. The van der Waals surface area contributed by atoms with Gasteiger partial charge in [0.25, 0.3) is 0 Å². The van der Waals surface area contributed by atoms with Crippen LogP contribution in [0.5, 0.6) is 5.75 Å². The maximum Gasteiger partial charge on any atom is 0.467 e. The quantitative estimate of drug-likeness (QED) is 0.474. The number of rotatable bonds is 3. The van der Waals surface area contributed by atoms with E-state index >= 15 is 0 Å². The minimum absolute atomic E-state index is 0.0625. The summed E-state index contributed by atoms with van der Waals surface area (Å²) in [4.78, 5) is 0. The fourth-order valence-electron chi connectivity index (χ4n) is 1.52. The standard InChI is InChI=1S/C10H14BO4PS/c11-6-10-7-17(13)16(12,8-14-10)15-9-4-2-1-3-5-9/h1-5,10H,6-8,11H2/t10-,16+,17?/m0/s1. The van der Waals surface area contributed by atoms with Gasteiger partial charge in [-0.05, 0) is 12.1 Å². The summed E-state index contributed by atoms with van der Waals surface area (Å²) < 4.78 is 35.1. The second kappa shape index (κ2) is 5.48. The van der Waals surface area contributed by atoms with Crippen LogP contribution < -0.4 is 4.52 Å². The van der Waals surface area contributed by atoms with Crippen molar-refractivity contribution < 1.29 is 18.4 Å². The number of hydrogen-bond donors (Lipinski definition) is 0. The lowest BCUT2D eigenvalue weighted by molar-refractivity contribution is 0.110. The van der Waals surface area contributed by atoms with E-state index in [1.165, 1.54) is 0 Å². The smallest absolute Gasteiger partial charge is 0.467 e. The molecule has 0 aromatic heterocycles. The number of benzene rings is 1. The van der Waals surface area contributed by atoms with Crippen molar-refractivity contribution in [3.05, 3.63) is 30.3 Å². The Morgan fingerprint density at radius 2 is 2.24 bits per heavy atom. The molecule has 2 rings (SSSR count). The van der Waals surface area contributed by atoms with Crippen molar-refractivity contribution in [3.63, 3.8) is 0 Å². The Morgan fingerprint density at radius 1 is 1.53 bits per heavy atom. The fourth-order valence-corrected chi connectivity index (χ4v) is 5.71. The Bertz CT molecular complexity index is 416. The molecule has 1 aliphatic rings. The molecule has 0 amide bonds. The van der Waals surface area contributed by atoms with Crippen LogP contribution in [0.4, 0.5) is 0 Å². The summed E-state index contributed by atoms with van der Waals surface area (Å²) in [6, 6.07) is 8.80. The first-order valence-corrected chi connectivity index (χ1v) is 9.22. The summed E-state index contributed by atoms with van der Waals surface area (Å²) in [5.41, 5.74) is 0. The van der Waals surface area contributed by atoms with E-state index in [-0.39, 0.29) is 12.5 Å². The topological polar surface area (TPSA) is 58.6 Å². The van der Waals surface area contributed by atoms with Crippen molar-refractivity contribution in [2.24, 2.45) is 0 Å². The van der Waals surface area contributed by atoms with Crippen LogP contribution in [0.3, 0.4) is 0 Å². The van der Waals surface area contributed by atoms with Crippen LogP contribution in [0.2, 0.25) is 6.32 Å². The van der Waals surface area contributed by atoms with Gasteiger partial charge in [0.15, 0.2) is 6.35 Å². The van der Waals surface area contributed by atoms with Gasteiger partial charge in [-0.1, -0.05) is 24.5 Å². The van der Waals surface area contributed by atoms with Crippen molar-refractivity contribution in [1.82, 2.24) is 0 Å². The third kappa shape index (κ3) is 3.07. The first-order chi connectivity index (χ1) is 8.14. The molecule has 0 N–H and O–H groups in total. The second-order valence-electron chi connectivity index (χ2n) is 3.83. The lowest BCUT2D eigenvalue weighted by Gasteiger charge is -2.29. The largest absolute Gasteiger partial charge is 0.610 e. The van der Waals surface area contributed by atoms with E-state index in [0.717, 1.165) is 6.32 Å². The van der Waals surface area contributed by atoms with E-state index in [2.05, 4.69) is 0 Å². The van der Waals surface area contributed by atoms with Gasteiger partial charge in [-0.3, -0.25) is 0 Å². The highest BCUT2D eigenvalue weighted by Gasteiger charge is 2.46. The molecule has 0 spiro atoms. The van der Waals surface area contributed by atoms with Gasteiger partial charge in [-0.2, -0.15) is 0 Å². The van der Waals surface area contributed by atoms with Crippen LogP contribution in [0.15, 0.2) is 30.3 Å². The highest BCUT2D eigenvalue weighted by Crippen LogP contribution is 2.56. The van der Waals surface area contributed by atoms with Gasteiger partial charge in [-0.15, -0.1) is 0 Å².